The van der Waals surface area contributed by atoms with Crippen LogP contribution in [0.25, 0.3) is 0 Å². The number of aliphatic hydroxyl groups is 1. The third-order valence-corrected chi connectivity index (χ3v) is 2.97. The second-order valence-electron chi connectivity index (χ2n) is 3.96. The molecule has 0 spiro atoms. The van der Waals surface area contributed by atoms with Crippen LogP contribution < -0.4 is 0 Å². The van der Waals surface area contributed by atoms with E-state index < -0.39 is 23.1 Å². The van der Waals surface area contributed by atoms with Gasteiger partial charge in [-0.3, -0.25) is 0 Å². The summed E-state index contributed by atoms with van der Waals surface area (Å²) in [5.74, 6) is -4.00. The predicted octanol–water partition coefficient (Wildman–Crippen LogP) is 2.87. The van der Waals surface area contributed by atoms with Crippen molar-refractivity contribution in [3.05, 3.63) is 35.1 Å². The van der Waals surface area contributed by atoms with Crippen molar-refractivity contribution in [1.82, 2.24) is 0 Å². The van der Waals surface area contributed by atoms with Gasteiger partial charge in [0, 0.05) is 5.56 Å². The van der Waals surface area contributed by atoms with Gasteiger partial charge in [-0.05, 0) is 18.9 Å². The van der Waals surface area contributed by atoms with Gasteiger partial charge in [-0.2, -0.15) is 0 Å². The van der Waals surface area contributed by atoms with Crippen molar-refractivity contribution < 1.29 is 18.3 Å². The number of halogens is 3. The minimum Gasteiger partial charge on any atom is -0.385 e. The molecule has 1 aromatic rings. The second-order valence-corrected chi connectivity index (χ2v) is 3.96. The standard InChI is InChI=1S/C11H11F3O/c12-8-4-3-7(9(13)10(8)14)11(15)5-1-2-6-11/h3-4,15H,1-2,5-6H2. The Hall–Kier alpha value is -1.03. The van der Waals surface area contributed by atoms with E-state index in [-0.39, 0.29) is 5.56 Å². The molecule has 0 amide bonds. The molecule has 0 heterocycles. The Morgan fingerprint density at radius 2 is 1.60 bits per heavy atom. The van der Waals surface area contributed by atoms with E-state index in [2.05, 4.69) is 0 Å². The number of benzene rings is 1. The van der Waals surface area contributed by atoms with Crippen LogP contribution in [0.4, 0.5) is 13.2 Å². The highest BCUT2D eigenvalue weighted by Gasteiger charge is 2.36. The molecular weight excluding hydrogens is 205 g/mol. The molecule has 1 N–H and O–H groups in total. The highest BCUT2D eigenvalue weighted by molar-refractivity contribution is 5.27. The Morgan fingerprint density at radius 3 is 2.20 bits per heavy atom. The zero-order chi connectivity index (χ0) is 11.1. The largest absolute Gasteiger partial charge is 0.385 e. The lowest BCUT2D eigenvalue weighted by molar-refractivity contribution is 0.0398. The van der Waals surface area contributed by atoms with E-state index in [9.17, 15) is 18.3 Å². The maximum absolute atomic E-state index is 13.4. The van der Waals surface area contributed by atoms with Gasteiger partial charge in [0.2, 0.25) is 0 Å². The average Bonchev–Trinajstić information content (AvgIpc) is 2.62. The van der Waals surface area contributed by atoms with E-state index in [4.69, 9.17) is 0 Å². The fourth-order valence-corrected chi connectivity index (χ4v) is 2.11. The lowest BCUT2D eigenvalue weighted by atomic mass is 9.91. The summed E-state index contributed by atoms with van der Waals surface area (Å²) in [7, 11) is 0. The summed E-state index contributed by atoms with van der Waals surface area (Å²) in [5.41, 5.74) is -1.45. The molecule has 1 aliphatic rings. The van der Waals surface area contributed by atoms with Crippen LogP contribution in [0.3, 0.4) is 0 Å². The molecule has 1 fully saturated rings. The Bertz CT molecular complexity index is 384. The van der Waals surface area contributed by atoms with Crippen molar-refractivity contribution in [1.29, 1.82) is 0 Å². The first kappa shape index (κ1) is 10.5. The van der Waals surface area contributed by atoms with Crippen molar-refractivity contribution >= 4 is 0 Å². The molecule has 2 rings (SSSR count). The van der Waals surface area contributed by atoms with E-state index in [1.165, 1.54) is 0 Å². The fourth-order valence-electron chi connectivity index (χ4n) is 2.11. The van der Waals surface area contributed by atoms with E-state index in [1.807, 2.05) is 0 Å². The van der Waals surface area contributed by atoms with Gasteiger partial charge in [0.15, 0.2) is 17.5 Å². The first-order chi connectivity index (χ1) is 7.04. The van der Waals surface area contributed by atoms with Crippen molar-refractivity contribution in [2.45, 2.75) is 31.3 Å². The number of hydrogen-bond donors (Lipinski definition) is 1. The van der Waals surface area contributed by atoms with Gasteiger partial charge < -0.3 is 5.11 Å². The molecule has 0 aliphatic heterocycles. The van der Waals surface area contributed by atoms with Gasteiger partial charge in [-0.15, -0.1) is 0 Å². The number of hydrogen-bond acceptors (Lipinski definition) is 1. The average molecular weight is 216 g/mol. The summed E-state index contributed by atoms with van der Waals surface area (Å²) in [4.78, 5) is 0. The van der Waals surface area contributed by atoms with Crippen LogP contribution >= 0.6 is 0 Å². The highest BCUT2D eigenvalue weighted by Crippen LogP contribution is 2.40. The zero-order valence-electron chi connectivity index (χ0n) is 8.06. The van der Waals surface area contributed by atoms with Crippen LogP contribution in [0.15, 0.2) is 12.1 Å². The summed E-state index contributed by atoms with van der Waals surface area (Å²) in [6, 6.07) is 1.98. The molecule has 1 saturated carbocycles. The number of rotatable bonds is 1. The van der Waals surface area contributed by atoms with Crippen LogP contribution in [-0.4, -0.2) is 5.11 Å². The Balaban J connectivity index is 2.49. The van der Waals surface area contributed by atoms with Crippen LogP contribution in [-0.2, 0) is 5.60 Å². The van der Waals surface area contributed by atoms with Crippen LogP contribution in [0, 0.1) is 17.5 Å². The van der Waals surface area contributed by atoms with Gasteiger partial charge in [0.1, 0.15) is 0 Å². The molecule has 15 heavy (non-hydrogen) atoms. The molecule has 4 heteroatoms. The zero-order valence-corrected chi connectivity index (χ0v) is 8.06. The van der Waals surface area contributed by atoms with Crippen LogP contribution in [0.1, 0.15) is 31.2 Å². The van der Waals surface area contributed by atoms with Crippen molar-refractivity contribution in [2.24, 2.45) is 0 Å². The summed E-state index contributed by atoms with van der Waals surface area (Å²) >= 11 is 0. The lowest BCUT2D eigenvalue weighted by Crippen LogP contribution is -2.23. The highest BCUT2D eigenvalue weighted by atomic mass is 19.2. The predicted molar refractivity (Wildman–Crippen MR) is 48.7 cm³/mol. The summed E-state index contributed by atoms with van der Waals surface area (Å²) in [6.07, 6.45) is 2.34. The third kappa shape index (κ3) is 1.63. The first-order valence-electron chi connectivity index (χ1n) is 4.91. The molecule has 0 saturated heterocycles. The Kier molecular flexibility index (Phi) is 2.46. The topological polar surface area (TPSA) is 20.2 Å². The molecule has 0 unspecified atom stereocenters. The summed E-state index contributed by atoms with van der Waals surface area (Å²) in [6.45, 7) is 0. The van der Waals surface area contributed by atoms with Gasteiger partial charge in [0.25, 0.3) is 0 Å². The van der Waals surface area contributed by atoms with Crippen LogP contribution in [0.2, 0.25) is 0 Å². The molecular formula is C11H11F3O. The molecule has 0 bridgehead atoms. The van der Waals surface area contributed by atoms with Crippen LogP contribution in [0.5, 0.6) is 0 Å². The van der Waals surface area contributed by atoms with Gasteiger partial charge >= 0.3 is 0 Å². The maximum Gasteiger partial charge on any atom is 0.194 e. The quantitative estimate of drug-likeness (QED) is 0.715. The Labute approximate surface area is 85.5 Å². The van der Waals surface area contributed by atoms with Crippen molar-refractivity contribution in [2.75, 3.05) is 0 Å². The molecule has 1 aromatic carbocycles. The van der Waals surface area contributed by atoms with Gasteiger partial charge in [-0.25, -0.2) is 13.2 Å². The maximum atomic E-state index is 13.4. The normalized spacial score (nSPS) is 19.5. The third-order valence-electron chi connectivity index (χ3n) is 2.97. The smallest absolute Gasteiger partial charge is 0.194 e. The van der Waals surface area contributed by atoms with E-state index >= 15 is 0 Å². The minimum atomic E-state index is -1.51. The second kappa shape index (κ2) is 3.52. The van der Waals surface area contributed by atoms with E-state index in [1.54, 1.807) is 0 Å². The minimum absolute atomic E-state index is 0.126. The lowest BCUT2D eigenvalue weighted by Gasteiger charge is -2.23. The summed E-state index contributed by atoms with van der Waals surface area (Å²) < 4.78 is 39.0. The molecule has 0 radical (unpaired) electrons. The monoisotopic (exact) mass is 216 g/mol. The van der Waals surface area contributed by atoms with Gasteiger partial charge in [0.05, 0.1) is 5.60 Å². The van der Waals surface area contributed by atoms with Gasteiger partial charge in [-0.1, -0.05) is 18.9 Å². The molecule has 0 aromatic heterocycles. The summed E-state index contributed by atoms with van der Waals surface area (Å²) in [5, 5.41) is 10.0. The first-order valence-corrected chi connectivity index (χ1v) is 4.91. The molecule has 1 nitrogen and oxygen atoms in total. The molecule has 0 atom stereocenters. The molecule has 82 valence electrons. The molecule has 1 aliphatic carbocycles. The van der Waals surface area contributed by atoms with E-state index in [0.29, 0.717) is 12.8 Å². The SMILES string of the molecule is OC1(c2ccc(F)c(F)c2F)CCCC1. The van der Waals surface area contributed by atoms with Crippen molar-refractivity contribution in [3.63, 3.8) is 0 Å². The van der Waals surface area contributed by atoms with E-state index in [0.717, 1.165) is 25.0 Å². The Morgan fingerprint density at radius 1 is 1.00 bits per heavy atom. The van der Waals surface area contributed by atoms with Crippen molar-refractivity contribution in [3.8, 4) is 0 Å². The fraction of sp³-hybridized carbons (Fsp3) is 0.455.